The molecule has 0 aromatic heterocycles. The zero-order chi connectivity index (χ0) is 21.4. The first kappa shape index (κ1) is 20.2. The average molecular weight is 431 g/mol. The topological polar surface area (TPSA) is 18.5 Å². The summed E-state index contributed by atoms with van der Waals surface area (Å²) in [6.07, 6.45) is 5.81. The summed E-state index contributed by atoms with van der Waals surface area (Å²) in [6, 6.07) is 21.4. The van der Waals surface area contributed by atoms with E-state index in [1.54, 1.807) is 14.2 Å². The van der Waals surface area contributed by atoms with E-state index in [1.807, 2.05) is 18.2 Å². The first-order valence-electron chi connectivity index (χ1n) is 11.0. The van der Waals surface area contributed by atoms with Crippen molar-refractivity contribution in [3.05, 3.63) is 82.4 Å². The van der Waals surface area contributed by atoms with E-state index in [4.69, 9.17) is 21.1 Å². The van der Waals surface area contributed by atoms with E-state index in [0.717, 1.165) is 41.2 Å². The Morgan fingerprint density at radius 1 is 0.871 bits per heavy atom. The number of hydrogen-bond acceptors (Lipinski definition) is 2. The largest absolute Gasteiger partial charge is 0.496 e. The van der Waals surface area contributed by atoms with Gasteiger partial charge in [-0.3, -0.25) is 0 Å². The predicted octanol–water partition coefficient (Wildman–Crippen LogP) is 7.72. The normalized spacial score (nSPS) is 15.8. The zero-order valence-electron chi connectivity index (χ0n) is 18.1. The molecule has 5 rings (SSSR count). The molecule has 0 N–H and O–H groups in total. The van der Waals surface area contributed by atoms with Gasteiger partial charge >= 0.3 is 0 Å². The van der Waals surface area contributed by atoms with Gasteiger partial charge in [0, 0.05) is 5.02 Å². The molecule has 4 aromatic carbocycles. The van der Waals surface area contributed by atoms with E-state index >= 15 is 0 Å². The number of ether oxygens (including phenoxy) is 2. The van der Waals surface area contributed by atoms with Crippen LogP contribution in [0, 0.1) is 0 Å². The molecule has 158 valence electrons. The maximum atomic E-state index is 6.19. The number of aryl methyl sites for hydroxylation is 2. The van der Waals surface area contributed by atoms with Crippen LogP contribution in [0.25, 0.3) is 21.5 Å². The lowest BCUT2D eigenvalue weighted by atomic mass is 9.77. The highest BCUT2D eigenvalue weighted by Crippen LogP contribution is 2.44. The van der Waals surface area contributed by atoms with Crippen LogP contribution in [-0.2, 0) is 12.8 Å². The van der Waals surface area contributed by atoms with Crippen molar-refractivity contribution in [3.8, 4) is 11.5 Å². The van der Waals surface area contributed by atoms with Crippen LogP contribution in [0.5, 0.6) is 11.5 Å². The monoisotopic (exact) mass is 430 g/mol. The van der Waals surface area contributed by atoms with Gasteiger partial charge < -0.3 is 9.47 Å². The summed E-state index contributed by atoms with van der Waals surface area (Å²) in [7, 11) is 3.46. The van der Waals surface area contributed by atoms with Crippen molar-refractivity contribution in [2.24, 2.45) is 0 Å². The highest BCUT2D eigenvalue weighted by atomic mass is 35.5. The van der Waals surface area contributed by atoms with Gasteiger partial charge in [-0.25, -0.2) is 0 Å². The van der Waals surface area contributed by atoms with E-state index < -0.39 is 0 Å². The van der Waals surface area contributed by atoms with Crippen LogP contribution in [0.4, 0.5) is 0 Å². The summed E-state index contributed by atoms with van der Waals surface area (Å²) >= 11 is 6.19. The zero-order valence-corrected chi connectivity index (χ0v) is 18.8. The lowest BCUT2D eigenvalue weighted by Gasteiger charge is -2.27. The second kappa shape index (κ2) is 8.43. The van der Waals surface area contributed by atoms with Gasteiger partial charge in [0.2, 0.25) is 0 Å². The van der Waals surface area contributed by atoms with Gasteiger partial charge in [0.05, 0.1) is 19.6 Å². The number of rotatable bonds is 5. The summed E-state index contributed by atoms with van der Waals surface area (Å²) in [4.78, 5) is 0. The smallest absolute Gasteiger partial charge is 0.131 e. The second-order valence-corrected chi connectivity index (χ2v) is 8.88. The molecule has 0 saturated carbocycles. The Hall–Kier alpha value is -2.71. The lowest BCUT2D eigenvalue weighted by Crippen LogP contribution is -2.11. The van der Waals surface area contributed by atoms with Gasteiger partial charge in [0.15, 0.2) is 0 Å². The minimum Gasteiger partial charge on any atom is -0.496 e. The van der Waals surface area contributed by atoms with Crippen molar-refractivity contribution < 1.29 is 9.47 Å². The van der Waals surface area contributed by atoms with Crippen molar-refractivity contribution >= 4 is 33.1 Å². The van der Waals surface area contributed by atoms with E-state index in [2.05, 4.69) is 42.5 Å². The van der Waals surface area contributed by atoms with Crippen LogP contribution >= 0.6 is 11.6 Å². The Morgan fingerprint density at radius 3 is 2.52 bits per heavy atom. The fourth-order valence-corrected chi connectivity index (χ4v) is 5.51. The molecule has 4 aromatic rings. The third-order valence-electron chi connectivity index (χ3n) is 6.76. The Bertz CT molecular complexity index is 1260. The SMILES string of the molecule is COc1cccc2c1c(OC)cc1c3c(ccc12)C(CCc1cccc(Cl)c1)CCC3. The van der Waals surface area contributed by atoms with Gasteiger partial charge in [-0.1, -0.05) is 48.0 Å². The van der Waals surface area contributed by atoms with Gasteiger partial charge in [-0.05, 0) is 95.1 Å². The van der Waals surface area contributed by atoms with Gasteiger partial charge in [-0.2, -0.15) is 0 Å². The maximum absolute atomic E-state index is 6.19. The first-order chi connectivity index (χ1) is 15.2. The molecule has 1 unspecified atom stereocenters. The molecular weight excluding hydrogens is 404 g/mol. The van der Waals surface area contributed by atoms with Crippen LogP contribution in [0.2, 0.25) is 5.02 Å². The predicted molar refractivity (Wildman–Crippen MR) is 130 cm³/mol. The first-order valence-corrected chi connectivity index (χ1v) is 11.4. The fraction of sp³-hybridized carbons (Fsp3) is 0.286. The Balaban J connectivity index is 1.59. The Morgan fingerprint density at radius 2 is 1.71 bits per heavy atom. The van der Waals surface area contributed by atoms with Crippen LogP contribution in [0.1, 0.15) is 41.9 Å². The summed E-state index contributed by atoms with van der Waals surface area (Å²) in [6.45, 7) is 0. The Kier molecular flexibility index (Phi) is 5.50. The lowest BCUT2D eigenvalue weighted by molar-refractivity contribution is 0.405. The summed E-state index contributed by atoms with van der Waals surface area (Å²) in [5, 5.41) is 5.67. The maximum Gasteiger partial charge on any atom is 0.131 e. The fourth-order valence-electron chi connectivity index (χ4n) is 5.30. The van der Waals surface area contributed by atoms with Crippen molar-refractivity contribution in [2.75, 3.05) is 14.2 Å². The summed E-state index contributed by atoms with van der Waals surface area (Å²) < 4.78 is 11.5. The standard InChI is InChI=1S/C28H27ClO2/c1-30-26-11-5-10-24-23-15-14-21-19(13-12-18-6-3-8-20(29)16-18)7-4-9-22(21)25(23)17-27(31-2)28(24)26/h3,5-6,8,10-11,14-17,19H,4,7,9,12-13H2,1-2H3. The summed E-state index contributed by atoms with van der Waals surface area (Å²) in [5.74, 6) is 2.32. The molecule has 0 saturated heterocycles. The molecule has 1 aliphatic carbocycles. The number of hydrogen-bond donors (Lipinski definition) is 0. The highest BCUT2D eigenvalue weighted by Gasteiger charge is 2.23. The quantitative estimate of drug-likeness (QED) is 0.302. The third-order valence-corrected chi connectivity index (χ3v) is 7.00. The van der Waals surface area contributed by atoms with E-state index in [1.165, 1.54) is 45.7 Å². The molecule has 0 heterocycles. The molecule has 0 aliphatic heterocycles. The molecule has 0 fully saturated rings. The number of halogens is 1. The van der Waals surface area contributed by atoms with Crippen LogP contribution < -0.4 is 9.47 Å². The molecular formula is C28H27ClO2. The molecule has 2 nitrogen and oxygen atoms in total. The Labute approximate surface area is 188 Å². The van der Waals surface area contributed by atoms with Gasteiger partial charge in [-0.15, -0.1) is 0 Å². The van der Waals surface area contributed by atoms with E-state index in [0.29, 0.717) is 5.92 Å². The summed E-state index contributed by atoms with van der Waals surface area (Å²) in [5.41, 5.74) is 4.31. The van der Waals surface area contributed by atoms with Gasteiger partial charge in [0.1, 0.15) is 11.5 Å². The molecule has 3 heteroatoms. The molecule has 0 bridgehead atoms. The van der Waals surface area contributed by atoms with Crippen LogP contribution in [0.3, 0.4) is 0 Å². The average Bonchev–Trinajstić information content (AvgIpc) is 2.81. The van der Waals surface area contributed by atoms with Crippen molar-refractivity contribution in [2.45, 2.75) is 38.0 Å². The number of benzene rings is 4. The molecule has 0 amide bonds. The number of fused-ring (bicyclic) bond motifs is 5. The van der Waals surface area contributed by atoms with Crippen molar-refractivity contribution in [1.29, 1.82) is 0 Å². The van der Waals surface area contributed by atoms with Crippen LogP contribution in [-0.4, -0.2) is 14.2 Å². The minimum absolute atomic E-state index is 0.583. The molecule has 0 spiro atoms. The van der Waals surface area contributed by atoms with E-state index in [9.17, 15) is 0 Å². The highest BCUT2D eigenvalue weighted by molar-refractivity contribution is 6.30. The van der Waals surface area contributed by atoms with E-state index in [-0.39, 0.29) is 0 Å². The van der Waals surface area contributed by atoms with Crippen molar-refractivity contribution in [1.82, 2.24) is 0 Å². The third kappa shape index (κ3) is 3.64. The second-order valence-electron chi connectivity index (χ2n) is 8.45. The van der Waals surface area contributed by atoms with Crippen LogP contribution in [0.15, 0.2) is 60.7 Å². The molecule has 1 atom stereocenters. The van der Waals surface area contributed by atoms with Crippen molar-refractivity contribution in [3.63, 3.8) is 0 Å². The minimum atomic E-state index is 0.583. The molecule has 1 aliphatic rings. The molecule has 31 heavy (non-hydrogen) atoms. The molecule has 0 radical (unpaired) electrons. The van der Waals surface area contributed by atoms with Gasteiger partial charge in [0.25, 0.3) is 0 Å². The number of methoxy groups -OCH3 is 2.